The van der Waals surface area contributed by atoms with Gasteiger partial charge in [-0.15, -0.1) is 0 Å². The van der Waals surface area contributed by atoms with Crippen molar-refractivity contribution < 1.29 is 22.9 Å². The molecular weight excluding hydrogens is 474 g/mol. The first-order valence-electron chi connectivity index (χ1n) is 11.5. The third-order valence-corrected chi connectivity index (χ3v) is 7.12. The number of non-ortho nitro benzene ring substituents is 1. The average molecular weight is 510 g/mol. The fraction of sp³-hybridized carbons (Fsp3) is 0.565. The molecule has 1 aromatic heterocycles. The number of hydrogen-bond acceptors (Lipinski definition) is 7. The lowest BCUT2D eigenvalue weighted by atomic mass is 10.1. The number of benzene rings is 1. The molecule has 0 unspecified atom stereocenters. The average Bonchev–Trinajstić information content (AvgIpc) is 3.09. The van der Waals surface area contributed by atoms with E-state index in [2.05, 4.69) is 15.1 Å². The van der Waals surface area contributed by atoms with Gasteiger partial charge in [-0.25, -0.2) is 17.8 Å². The number of ether oxygens (including phenoxy) is 1. The Morgan fingerprint density at radius 3 is 2.31 bits per heavy atom. The minimum absolute atomic E-state index is 0.0656. The van der Waals surface area contributed by atoms with Crippen LogP contribution in [0.25, 0.3) is 0 Å². The molecular formula is C23H35N5O6S. The van der Waals surface area contributed by atoms with E-state index < -0.39 is 32.2 Å². The first-order chi connectivity index (χ1) is 16.1. The van der Waals surface area contributed by atoms with E-state index in [4.69, 9.17) is 4.74 Å². The molecule has 1 amide bonds. The maximum absolute atomic E-state index is 13.1. The van der Waals surface area contributed by atoms with Crippen molar-refractivity contribution in [2.24, 2.45) is 0 Å². The minimum Gasteiger partial charge on any atom is -0.438 e. The molecule has 194 valence electrons. The van der Waals surface area contributed by atoms with Crippen molar-refractivity contribution >= 4 is 21.6 Å². The van der Waals surface area contributed by atoms with Gasteiger partial charge in [-0.1, -0.05) is 13.8 Å². The Morgan fingerprint density at radius 1 is 1.20 bits per heavy atom. The molecule has 2 atom stereocenters. The fourth-order valence-corrected chi connectivity index (χ4v) is 4.56. The molecule has 0 radical (unpaired) electrons. The molecule has 11 nitrogen and oxygen atoms in total. The number of hydrogen-bond donors (Lipinski definition) is 2. The van der Waals surface area contributed by atoms with Gasteiger partial charge < -0.3 is 10.1 Å². The number of aromatic nitrogens is 2. The van der Waals surface area contributed by atoms with Crippen molar-refractivity contribution in [1.29, 1.82) is 0 Å². The zero-order valence-corrected chi connectivity index (χ0v) is 22.3. The molecule has 2 rings (SSSR count). The molecule has 0 saturated heterocycles. The van der Waals surface area contributed by atoms with Gasteiger partial charge in [0.25, 0.3) is 11.6 Å². The van der Waals surface area contributed by atoms with Gasteiger partial charge in [0.15, 0.2) is 5.69 Å². The summed E-state index contributed by atoms with van der Waals surface area (Å²) < 4.78 is 36.3. The predicted octanol–water partition coefficient (Wildman–Crippen LogP) is 4.25. The maximum Gasteiger partial charge on any atom is 0.272 e. The summed E-state index contributed by atoms with van der Waals surface area (Å²) in [5.41, 5.74) is -0.447. The first-order valence-corrected chi connectivity index (χ1v) is 13.0. The second-order valence-electron chi connectivity index (χ2n) is 9.56. The number of rotatable bonds is 10. The molecule has 0 aliphatic rings. The SMILES string of the molecule is CC[C@@H](C)NC(=O)c1nn(C(C)(C)C)c(Oc2ccc([N+](=O)[O-])cc2S(=O)(=O)N[C@@H](C)CC)c1C. The van der Waals surface area contributed by atoms with E-state index in [1.54, 1.807) is 13.8 Å². The van der Waals surface area contributed by atoms with Crippen LogP contribution in [0.5, 0.6) is 11.6 Å². The minimum atomic E-state index is -4.16. The number of sulfonamides is 1. The summed E-state index contributed by atoms with van der Waals surface area (Å²) in [6, 6.07) is 2.90. The molecule has 2 N–H and O–H groups in total. The van der Waals surface area contributed by atoms with Crippen LogP contribution in [-0.2, 0) is 15.6 Å². The molecule has 0 fully saturated rings. The third-order valence-electron chi connectivity index (χ3n) is 5.51. The first kappa shape index (κ1) is 28.2. The highest BCUT2D eigenvalue weighted by molar-refractivity contribution is 7.89. The van der Waals surface area contributed by atoms with Crippen LogP contribution in [0.1, 0.15) is 77.4 Å². The van der Waals surface area contributed by atoms with E-state index in [-0.39, 0.29) is 34.2 Å². The summed E-state index contributed by atoms with van der Waals surface area (Å²) in [5, 5.41) is 18.7. The van der Waals surface area contributed by atoms with Crippen LogP contribution >= 0.6 is 0 Å². The van der Waals surface area contributed by atoms with Crippen molar-refractivity contribution in [3.05, 3.63) is 39.6 Å². The topological polar surface area (TPSA) is 145 Å². The summed E-state index contributed by atoms with van der Waals surface area (Å²) in [6.45, 7) is 14.6. The van der Waals surface area contributed by atoms with Crippen LogP contribution < -0.4 is 14.8 Å². The number of nitro benzene ring substituents is 1. The van der Waals surface area contributed by atoms with E-state index in [0.29, 0.717) is 12.0 Å². The van der Waals surface area contributed by atoms with Crippen molar-refractivity contribution in [3.63, 3.8) is 0 Å². The number of carbonyl (C=O) groups is 1. The van der Waals surface area contributed by atoms with E-state index in [1.165, 1.54) is 16.8 Å². The standard InChI is InChI=1S/C23H35N5O6S/c1-9-14(3)24-21(29)20-16(5)22(27(25-20)23(6,7)8)34-18-12-11-17(28(30)31)13-19(18)35(32,33)26-15(4)10-2/h11-15,26H,9-10H2,1-8H3,(H,24,29)/t14-,15+/m1/s1. The van der Waals surface area contributed by atoms with Gasteiger partial charge in [-0.2, -0.15) is 5.10 Å². The van der Waals surface area contributed by atoms with Gasteiger partial charge in [-0.3, -0.25) is 14.9 Å². The van der Waals surface area contributed by atoms with Crippen molar-refractivity contribution in [2.45, 2.75) is 90.7 Å². The highest BCUT2D eigenvalue weighted by atomic mass is 32.2. The Bertz CT molecular complexity index is 1200. The highest BCUT2D eigenvalue weighted by Crippen LogP contribution is 2.36. The monoisotopic (exact) mass is 509 g/mol. The van der Waals surface area contributed by atoms with Crippen LogP contribution in [0.3, 0.4) is 0 Å². The van der Waals surface area contributed by atoms with Crippen molar-refractivity contribution in [1.82, 2.24) is 19.8 Å². The molecule has 0 bridgehead atoms. The van der Waals surface area contributed by atoms with E-state index in [1.807, 2.05) is 41.5 Å². The summed E-state index contributed by atoms with van der Waals surface area (Å²) in [4.78, 5) is 23.2. The number of nitrogens with zero attached hydrogens (tertiary/aromatic N) is 3. The summed E-state index contributed by atoms with van der Waals surface area (Å²) >= 11 is 0. The normalized spacial score (nSPS) is 13.8. The van der Waals surface area contributed by atoms with E-state index in [9.17, 15) is 23.3 Å². The van der Waals surface area contributed by atoms with Gasteiger partial charge in [0.2, 0.25) is 15.9 Å². The summed E-state index contributed by atoms with van der Waals surface area (Å²) in [6.07, 6.45) is 1.26. The fourth-order valence-electron chi connectivity index (χ4n) is 3.09. The van der Waals surface area contributed by atoms with Gasteiger partial charge in [0.1, 0.15) is 10.6 Å². The smallest absolute Gasteiger partial charge is 0.272 e. The highest BCUT2D eigenvalue weighted by Gasteiger charge is 2.31. The summed E-state index contributed by atoms with van der Waals surface area (Å²) in [7, 11) is -4.16. The second-order valence-corrected chi connectivity index (χ2v) is 11.2. The molecule has 2 aromatic rings. The quantitative estimate of drug-likeness (QED) is 0.359. The lowest BCUT2D eigenvalue weighted by Gasteiger charge is -2.23. The largest absolute Gasteiger partial charge is 0.438 e. The summed E-state index contributed by atoms with van der Waals surface area (Å²) in [5.74, 6) is -0.325. The Kier molecular flexibility index (Phi) is 8.66. The van der Waals surface area contributed by atoms with E-state index >= 15 is 0 Å². The predicted molar refractivity (Wildman–Crippen MR) is 132 cm³/mol. The molecule has 1 aromatic carbocycles. The van der Waals surface area contributed by atoms with Crippen LogP contribution in [-0.4, -0.2) is 41.1 Å². The van der Waals surface area contributed by atoms with Crippen LogP contribution in [0.4, 0.5) is 5.69 Å². The maximum atomic E-state index is 13.1. The molecule has 0 saturated carbocycles. The Morgan fingerprint density at radius 2 is 1.80 bits per heavy atom. The second kappa shape index (κ2) is 10.7. The zero-order chi connectivity index (χ0) is 26.7. The molecule has 0 spiro atoms. The van der Waals surface area contributed by atoms with Crippen molar-refractivity contribution in [2.75, 3.05) is 0 Å². The van der Waals surface area contributed by atoms with Gasteiger partial charge >= 0.3 is 0 Å². The van der Waals surface area contributed by atoms with Gasteiger partial charge in [0.05, 0.1) is 10.5 Å². The van der Waals surface area contributed by atoms with E-state index in [0.717, 1.165) is 12.5 Å². The Hall–Kier alpha value is -2.99. The molecule has 0 aliphatic heterocycles. The van der Waals surface area contributed by atoms with Crippen LogP contribution in [0, 0.1) is 17.0 Å². The number of carbonyl (C=O) groups excluding carboxylic acids is 1. The number of nitrogens with one attached hydrogen (secondary N) is 2. The van der Waals surface area contributed by atoms with Gasteiger partial charge in [0, 0.05) is 29.8 Å². The zero-order valence-electron chi connectivity index (χ0n) is 21.5. The van der Waals surface area contributed by atoms with Crippen LogP contribution in [0.2, 0.25) is 0 Å². The lowest BCUT2D eigenvalue weighted by Crippen LogP contribution is -2.33. The molecule has 0 aliphatic carbocycles. The van der Waals surface area contributed by atoms with Crippen molar-refractivity contribution in [3.8, 4) is 11.6 Å². The number of amides is 1. The molecule has 12 heteroatoms. The lowest BCUT2D eigenvalue weighted by molar-refractivity contribution is -0.385. The number of nitro groups is 1. The Labute approximate surface area is 206 Å². The molecule has 1 heterocycles. The molecule has 35 heavy (non-hydrogen) atoms. The van der Waals surface area contributed by atoms with Gasteiger partial charge in [-0.05, 0) is 60.5 Å². The Balaban J connectivity index is 2.68. The van der Waals surface area contributed by atoms with Crippen LogP contribution in [0.15, 0.2) is 23.1 Å². The third kappa shape index (κ3) is 6.57.